The molecule has 0 fully saturated rings. The molecule has 0 unspecified atom stereocenters. The lowest BCUT2D eigenvalue weighted by Gasteiger charge is -2.25. The van der Waals surface area contributed by atoms with Crippen LogP contribution in [0.1, 0.15) is 34.6 Å². The molecule has 40 heavy (non-hydrogen) atoms. The molecule has 0 saturated carbocycles. The highest BCUT2D eigenvalue weighted by molar-refractivity contribution is 7.07. The number of benzene rings is 2. The van der Waals surface area contributed by atoms with Gasteiger partial charge in [-0.05, 0) is 43.3 Å². The lowest BCUT2D eigenvalue weighted by molar-refractivity contribution is -0.136. The summed E-state index contributed by atoms with van der Waals surface area (Å²) in [6.45, 7) is 1.69. The van der Waals surface area contributed by atoms with Crippen molar-refractivity contribution in [3.8, 4) is 22.8 Å². The van der Waals surface area contributed by atoms with Gasteiger partial charge in [-0.25, -0.2) is 14.6 Å². The fraction of sp³-hybridized carbons (Fsp3) is 0.172. The number of aromatic carboxylic acids is 1. The van der Waals surface area contributed by atoms with Crippen LogP contribution in [0.25, 0.3) is 17.4 Å². The molecule has 1 atom stereocenters. The number of carboxylic acid groups (broad SMARTS) is 1. The van der Waals surface area contributed by atoms with E-state index in [0.29, 0.717) is 49.2 Å². The van der Waals surface area contributed by atoms with Crippen molar-refractivity contribution in [1.29, 1.82) is 0 Å². The van der Waals surface area contributed by atoms with E-state index >= 15 is 0 Å². The van der Waals surface area contributed by atoms with Crippen LogP contribution in [0.2, 0.25) is 0 Å². The number of thiazole rings is 1. The van der Waals surface area contributed by atoms with Gasteiger partial charge in [-0.3, -0.25) is 9.36 Å². The summed E-state index contributed by atoms with van der Waals surface area (Å²) < 4.78 is 23.7. The molecule has 0 aliphatic carbocycles. The molecule has 0 saturated heterocycles. The SMILES string of the molecule is COC(=O)C1=C(C)N=c2s/c(=C\c3ccc(-c4cccc(C(=O)O)c4)o3)c(=O)n2[C@@H]1c1ccc(OC)cc1OC. The Hall–Kier alpha value is -4.90. The molecule has 0 radical (unpaired) electrons. The van der Waals surface area contributed by atoms with Crippen molar-refractivity contribution in [2.24, 2.45) is 4.99 Å². The first-order chi connectivity index (χ1) is 19.2. The standard InChI is InChI=1S/C29H24N2O8S/c1-15-24(28(35)38-4)25(20-10-8-18(36-2)13-22(20)37-3)31-26(32)23(40-29(31)30-15)14-19-9-11-21(39-19)16-6-5-7-17(12-16)27(33)34/h5-14,25H,1-4H3,(H,33,34)/b23-14-/t25-/m1/s1. The van der Waals surface area contributed by atoms with Crippen LogP contribution in [0, 0.1) is 0 Å². The largest absolute Gasteiger partial charge is 0.497 e. The molecule has 11 heteroatoms. The maximum Gasteiger partial charge on any atom is 0.338 e. The molecule has 10 nitrogen and oxygen atoms in total. The highest BCUT2D eigenvalue weighted by Crippen LogP contribution is 2.37. The molecule has 1 N–H and O–H groups in total. The predicted octanol–water partition coefficient (Wildman–Crippen LogP) is 3.38. The smallest absolute Gasteiger partial charge is 0.338 e. The topological polar surface area (TPSA) is 130 Å². The highest BCUT2D eigenvalue weighted by Gasteiger charge is 2.35. The van der Waals surface area contributed by atoms with E-state index in [1.54, 1.807) is 55.5 Å². The summed E-state index contributed by atoms with van der Waals surface area (Å²) in [7, 11) is 4.30. The first kappa shape index (κ1) is 26.7. The number of nitrogens with zero attached hydrogens (tertiary/aromatic N) is 2. The van der Waals surface area contributed by atoms with Crippen LogP contribution < -0.4 is 24.4 Å². The molecule has 2 aromatic carbocycles. The number of hydrogen-bond donors (Lipinski definition) is 1. The van der Waals surface area contributed by atoms with E-state index in [0.717, 1.165) is 11.3 Å². The first-order valence-corrected chi connectivity index (χ1v) is 12.8. The second kappa shape index (κ2) is 10.7. The molecule has 204 valence electrons. The Morgan fingerprint density at radius 3 is 2.58 bits per heavy atom. The zero-order valence-electron chi connectivity index (χ0n) is 22.0. The number of carbonyl (C=O) groups excluding carboxylic acids is 1. The van der Waals surface area contributed by atoms with Gasteiger partial charge in [-0.1, -0.05) is 23.5 Å². The normalized spacial score (nSPS) is 14.9. The van der Waals surface area contributed by atoms with Crippen molar-refractivity contribution >= 4 is 29.4 Å². The van der Waals surface area contributed by atoms with Crippen molar-refractivity contribution in [3.05, 3.63) is 102 Å². The number of hydrogen-bond acceptors (Lipinski definition) is 9. The summed E-state index contributed by atoms with van der Waals surface area (Å²) in [5, 5.41) is 9.29. The molecule has 0 amide bonds. The third kappa shape index (κ3) is 4.71. The van der Waals surface area contributed by atoms with E-state index in [9.17, 15) is 19.5 Å². The van der Waals surface area contributed by atoms with Crippen LogP contribution in [0.3, 0.4) is 0 Å². The van der Waals surface area contributed by atoms with Crippen molar-refractivity contribution < 1.29 is 33.3 Å². The third-order valence-electron chi connectivity index (χ3n) is 6.46. The Morgan fingerprint density at radius 1 is 1.07 bits per heavy atom. The van der Waals surface area contributed by atoms with Gasteiger partial charge in [0.05, 0.1) is 42.7 Å². The molecule has 1 aliphatic rings. The molecule has 4 aromatic rings. The van der Waals surface area contributed by atoms with Crippen LogP contribution in [-0.4, -0.2) is 42.9 Å². The summed E-state index contributed by atoms with van der Waals surface area (Å²) in [6, 6.07) is 14.1. The number of methoxy groups -OCH3 is 3. The minimum atomic E-state index is -1.04. The van der Waals surface area contributed by atoms with Gasteiger partial charge in [0.1, 0.15) is 29.1 Å². The van der Waals surface area contributed by atoms with Gasteiger partial charge in [-0.2, -0.15) is 0 Å². The molecule has 5 rings (SSSR count). The number of ether oxygens (including phenoxy) is 3. The molecular weight excluding hydrogens is 536 g/mol. The quantitative estimate of drug-likeness (QED) is 0.341. The highest BCUT2D eigenvalue weighted by atomic mass is 32.1. The van der Waals surface area contributed by atoms with Crippen LogP contribution in [0.5, 0.6) is 11.5 Å². The van der Waals surface area contributed by atoms with E-state index in [1.807, 2.05) is 0 Å². The maximum atomic E-state index is 13.8. The number of rotatable bonds is 7. The molecule has 2 aromatic heterocycles. The first-order valence-electron chi connectivity index (χ1n) is 12.0. The van der Waals surface area contributed by atoms with Gasteiger partial charge in [0, 0.05) is 23.3 Å². The number of carbonyl (C=O) groups is 2. The number of furan rings is 1. The number of fused-ring (bicyclic) bond motifs is 1. The van der Waals surface area contributed by atoms with Gasteiger partial charge >= 0.3 is 11.9 Å². The molecule has 0 bridgehead atoms. The van der Waals surface area contributed by atoms with E-state index in [1.165, 1.54) is 38.0 Å². The van der Waals surface area contributed by atoms with Crippen molar-refractivity contribution in [3.63, 3.8) is 0 Å². The summed E-state index contributed by atoms with van der Waals surface area (Å²) in [5.74, 6) is 0.164. The minimum Gasteiger partial charge on any atom is -0.497 e. The second-order valence-corrected chi connectivity index (χ2v) is 9.78. The molecular formula is C29H24N2O8S. The van der Waals surface area contributed by atoms with Crippen LogP contribution in [-0.2, 0) is 9.53 Å². The summed E-state index contributed by atoms with van der Waals surface area (Å²) in [6.07, 6.45) is 1.59. The van der Waals surface area contributed by atoms with E-state index in [2.05, 4.69) is 4.99 Å². The number of esters is 1. The molecule has 0 spiro atoms. The summed E-state index contributed by atoms with van der Waals surface area (Å²) >= 11 is 1.15. The average molecular weight is 561 g/mol. The Labute approximate surface area is 231 Å². The Bertz CT molecular complexity index is 1860. The van der Waals surface area contributed by atoms with Crippen LogP contribution in [0.15, 0.2) is 80.1 Å². The summed E-state index contributed by atoms with van der Waals surface area (Å²) in [5.41, 5.74) is 1.53. The Balaban J connectivity index is 1.65. The number of allylic oxidation sites excluding steroid dienone is 1. The fourth-order valence-electron chi connectivity index (χ4n) is 4.55. The Morgan fingerprint density at radius 2 is 1.88 bits per heavy atom. The van der Waals surface area contributed by atoms with Gasteiger partial charge in [0.2, 0.25) is 0 Å². The zero-order chi connectivity index (χ0) is 28.6. The fourth-order valence-corrected chi connectivity index (χ4v) is 5.58. The van der Waals surface area contributed by atoms with Gasteiger partial charge < -0.3 is 23.7 Å². The number of aromatic nitrogens is 1. The maximum absolute atomic E-state index is 13.8. The molecule has 1 aliphatic heterocycles. The monoisotopic (exact) mass is 560 g/mol. The van der Waals surface area contributed by atoms with Gasteiger partial charge in [0.15, 0.2) is 4.80 Å². The van der Waals surface area contributed by atoms with E-state index < -0.39 is 18.0 Å². The van der Waals surface area contributed by atoms with Gasteiger partial charge in [-0.15, -0.1) is 0 Å². The minimum absolute atomic E-state index is 0.134. The number of carboxylic acids is 1. The van der Waals surface area contributed by atoms with Crippen LogP contribution in [0.4, 0.5) is 0 Å². The lowest BCUT2D eigenvalue weighted by Crippen LogP contribution is -2.40. The second-order valence-electron chi connectivity index (χ2n) is 8.77. The molecule has 3 heterocycles. The van der Waals surface area contributed by atoms with Crippen molar-refractivity contribution in [1.82, 2.24) is 4.57 Å². The van der Waals surface area contributed by atoms with Crippen molar-refractivity contribution in [2.75, 3.05) is 21.3 Å². The van der Waals surface area contributed by atoms with Gasteiger partial charge in [0.25, 0.3) is 5.56 Å². The predicted molar refractivity (Wildman–Crippen MR) is 146 cm³/mol. The van der Waals surface area contributed by atoms with Crippen molar-refractivity contribution in [2.45, 2.75) is 13.0 Å². The summed E-state index contributed by atoms with van der Waals surface area (Å²) in [4.78, 5) is 43.0. The Kier molecular flexibility index (Phi) is 7.14. The van der Waals surface area contributed by atoms with E-state index in [4.69, 9.17) is 18.6 Å². The van der Waals surface area contributed by atoms with E-state index in [-0.39, 0.29) is 16.7 Å². The third-order valence-corrected chi connectivity index (χ3v) is 7.44. The van der Waals surface area contributed by atoms with Crippen LogP contribution >= 0.6 is 11.3 Å². The average Bonchev–Trinajstić information content (AvgIpc) is 3.55. The zero-order valence-corrected chi connectivity index (χ0v) is 22.8. The lowest BCUT2D eigenvalue weighted by atomic mass is 9.95.